The highest BCUT2D eigenvalue weighted by molar-refractivity contribution is 5.91. The first-order chi connectivity index (χ1) is 8.18. The molecule has 0 aliphatic carbocycles. The van der Waals surface area contributed by atoms with Crippen molar-refractivity contribution in [2.24, 2.45) is 0 Å². The van der Waals surface area contributed by atoms with E-state index in [4.69, 9.17) is 5.11 Å². The van der Waals surface area contributed by atoms with Crippen molar-refractivity contribution in [2.75, 3.05) is 0 Å². The second-order valence-electron chi connectivity index (χ2n) is 3.54. The molecule has 17 heavy (non-hydrogen) atoms. The summed E-state index contributed by atoms with van der Waals surface area (Å²) in [5.41, 5.74) is 1.02. The van der Waals surface area contributed by atoms with Crippen LogP contribution < -0.4 is 0 Å². The maximum Gasteiger partial charge on any atom is 0.342 e. The Kier molecular flexibility index (Phi) is 1.79. The van der Waals surface area contributed by atoms with E-state index in [1.165, 1.54) is 4.40 Å². The Morgan fingerprint density at radius 1 is 1.29 bits per heavy atom. The predicted octanol–water partition coefficient (Wildman–Crippen LogP) is 1.29. The van der Waals surface area contributed by atoms with E-state index in [-0.39, 0.29) is 17.2 Å². The number of nitrogens with zero attached hydrogens (tertiary/aromatic N) is 3. The van der Waals surface area contributed by atoms with Crippen LogP contribution in [0.5, 0.6) is 5.88 Å². The molecule has 0 atom stereocenters. The molecule has 0 spiro atoms. The van der Waals surface area contributed by atoms with Gasteiger partial charge in [-0.25, -0.2) is 19.2 Å². The van der Waals surface area contributed by atoms with Gasteiger partial charge in [0.2, 0.25) is 11.7 Å². The van der Waals surface area contributed by atoms with E-state index in [0.717, 1.165) is 6.20 Å². The number of aromatic nitrogens is 3. The summed E-state index contributed by atoms with van der Waals surface area (Å²) in [5.74, 6) is -1.32. The standard InChI is InChI=1S/C11H7N3O3/c15-9-6(10(16)17)5-12-11-13-7-3-1-2-4-8(7)14(9)11/h1-5,15H,(H,16,17). The van der Waals surface area contributed by atoms with Crippen molar-refractivity contribution < 1.29 is 15.0 Å². The highest BCUT2D eigenvalue weighted by Gasteiger charge is 2.16. The van der Waals surface area contributed by atoms with Gasteiger partial charge in [0, 0.05) is 0 Å². The van der Waals surface area contributed by atoms with E-state index in [0.29, 0.717) is 11.0 Å². The fraction of sp³-hybridized carbons (Fsp3) is 0. The van der Waals surface area contributed by atoms with E-state index in [2.05, 4.69) is 9.97 Å². The SMILES string of the molecule is O=C(O)c1cnc2nc3ccccc3n2c1O. The van der Waals surface area contributed by atoms with Crippen LogP contribution in [0, 0.1) is 0 Å². The molecule has 1 aromatic carbocycles. The van der Waals surface area contributed by atoms with Crippen LogP contribution in [0.15, 0.2) is 30.5 Å². The Morgan fingerprint density at radius 2 is 2.06 bits per heavy atom. The lowest BCUT2D eigenvalue weighted by Gasteiger charge is -2.02. The molecular weight excluding hydrogens is 222 g/mol. The Hall–Kier alpha value is -2.63. The number of carboxylic acids is 1. The number of carboxylic acid groups (broad SMARTS) is 1. The number of para-hydroxylation sites is 2. The largest absolute Gasteiger partial charge is 0.493 e. The van der Waals surface area contributed by atoms with Crippen LogP contribution in [0.1, 0.15) is 10.4 Å². The van der Waals surface area contributed by atoms with Crippen molar-refractivity contribution >= 4 is 22.8 Å². The topological polar surface area (TPSA) is 87.7 Å². The van der Waals surface area contributed by atoms with Crippen LogP contribution in [0.25, 0.3) is 16.8 Å². The summed E-state index contributed by atoms with van der Waals surface area (Å²) in [6.45, 7) is 0. The molecule has 3 aromatic rings. The summed E-state index contributed by atoms with van der Waals surface area (Å²) >= 11 is 0. The molecule has 84 valence electrons. The quantitative estimate of drug-likeness (QED) is 0.656. The summed E-state index contributed by atoms with van der Waals surface area (Å²) in [5, 5.41) is 18.8. The van der Waals surface area contributed by atoms with Crippen LogP contribution in [-0.2, 0) is 0 Å². The minimum Gasteiger partial charge on any atom is -0.493 e. The third-order valence-electron chi connectivity index (χ3n) is 2.54. The number of aromatic hydroxyl groups is 1. The third kappa shape index (κ3) is 1.24. The summed E-state index contributed by atoms with van der Waals surface area (Å²) in [7, 11) is 0. The zero-order chi connectivity index (χ0) is 12.0. The molecule has 0 amide bonds. The van der Waals surface area contributed by atoms with Crippen LogP contribution in [-0.4, -0.2) is 30.6 Å². The fourth-order valence-corrected chi connectivity index (χ4v) is 1.76. The van der Waals surface area contributed by atoms with Gasteiger partial charge < -0.3 is 10.2 Å². The smallest absolute Gasteiger partial charge is 0.342 e. The van der Waals surface area contributed by atoms with E-state index in [9.17, 15) is 9.90 Å². The van der Waals surface area contributed by atoms with Crippen molar-refractivity contribution in [3.05, 3.63) is 36.0 Å². The second-order valence-corrected chi connectivity index (χ2v) is 3.54. The Labute approximate surface area is 94.8 Å². The zero-order valence-electron chi connectivity index (χ0n) is 8.53. The average Bonchev–Trinajstić information content (AvgIpc) is 2.67. The number of hydrogen-bond donors (Lipinski definition) is 2. The van der Waals surface area contributed by atoms with Crippen LogP contribution in [0.2, 0.25) is 0 Å². The molecule has 2 heterocycles. The van der Waals surface area contributed by atoms with Gasteiger partial charge in [0.1, 0.15) is 5.56 Å². The molecule has 2 aromatic heterocycles. The number of carbonyl (C=O) groups is 1. The zero-order valence-corrected chi connectivity index (χ0v) is 8.53. The minimum atomic E-state index is -1.23. The highest BCUT2D eigenvalue weighted by Crippen LogP contribution is 2.23. The van der Waals surface area contributed by atoms with Crippen molar-refractivity contribution in [1.29, 1.82) is 0 Å². The monoisotopic (exact) mass is 229 g/mol. The summed E-state index contributed by atoms with van der Waals surface area (Å²) < 4.78 is 1.32. The lowest BCUT2D eigenvalue weighted by Crippen LogP contribution is -2.02. The van der Waals surface area contributed by atoms with Gasteiger partial charge in [-0.15, -0.1) is 0 Å². The van der Waals surface area contributed by atoms with Crippen molar-refractivity contribution in [3.63, 3.8) is 0 Å². The molecule has 0 fully saturated rings. The number of rotatable bonds is 1. The van der Waals surface area contributed by atoms with Gasteiger partial charge in [0.15, 0.2) is 0 Å². The number of benzene rings is 1. The Bertz CT molecular complexity index is 748. The normalized spacial score (nSPS) is 11.1. The van der Waals surface area contributed by atoms with E-state index in [1.54, 1.807) is 18.2 Å². The molecule has 2 N–H and O–H groups in total. The van der Waals surface area contributed by atoms with Gasteiger partial charge in [-0.05, 0) is 12.1 Å². The summed E-state index contributed by atoms with van der Waals surface area (Å²) in [6.07, 6.45) is 1.10. The number of hydrogen-bond acceptors (Lipinski definition) is 4. The molecule has 0 aliphatic heterocycles. The van der Waals surface area contributed by atoms with Crippen molar-refractivity contribution in [1.82, 2.24) is 14.4 Å². The maximum absolute atomic E-state index is 10.9. The average molecular weight is 229 g/mol. The first-order valence-electron chi connectivity index (χ1n) is 4.87. The number of aromatic carboxylic acids is 1. The molecule has 6 nitrogen and oxygen atoms in total. The molecule has 0 saturated heterocycles. The molecule has 0 saturated carbocycles. The van der Waals surface area contributed by atoms with Gasteiger partial charge in [-0.1, -0.05) is 12.1 Å². The molecule has 3 rings (SSSR count). The maximum atomic E-state index is 10.9. The number of imidazole rings is 1. The third-order valence-corrected chi connectivity index (χ3v) is 2.54. The van der Waals surface area contributed by atoms with Crippen molar-refractivity contribution in [2.45, 2.75) is 0 Å². The van der Waals surface area contributed by atoms with Gasteiger partial charge in [-0.3, -0.25) is 0 Å². The lowest BCUT2D eigenvalue weighted by atomic mass is 10.3. The van der Waals surface area contributed by atoms with Crippen LogP contribution in [0.3, 0.4) is 0 Å². The molecule has 0 radical (unpaired) electrons. The molecule has 0 unspecified atom stereocenters. The van der Waals surface area contributed by atoms with Crippen molar-refractivity contribution in [3.8, 4) is 5.88 Å². The van der Waals surface area contributed by atoms with Gasteiger partial charge in [0.05, 0.1) is 17.2 Å². The molecule has 0 bridgehead atoms. The molecule has 0 aliphatic rings. The Balaban J connectivity index is 2.52. The van der Waals surface area contributed by atoms with Crippen LogP contribution >= 0.6 is 0 Å². The van der Waals surface area contributed by atoms with Crippen LogP contribution in [0.4, 0.5) is 0 Å². The van der Waals surface area contributed by atoms with Gasteiger partial charge in [-0.2, -0.15) is 0 Å². The second kappa shape index (κ2) is 3.18. The molecular formula is C11H7N3O3. The van der Waals surface area contributed by atoms with Gasteiger partial charge >= 0.3 is 5.97 Å². The Morgan fingerprint density at radius 3 is 2.82 bits per heavy atom. The van der Waals surface area contributed by atoms with E-state index < -0.39 is 5.97 Å². The molecule has 6 heteroatoms. The fourth-order valence-electron chi connectivity index (χ4n) is 1.76. The minimum absolute atomic E-state index is 0.249. The van der Waals surface area contributed by atoms with E-state index >= 15 is 0 Å². The summed E-state index contributed by atoms with van der Waals surface area (Å²) in [4.78, 5) is 19.0. The lowest BCUT2D eigenvalue weighted by molar-refractivity contribution is 0.0692. The highest BCUT2D eigenvalue weighted by atomic mass is 16.4. The van der Waals surface area contributed by atoms with E-state index in [1.807, 2.05) is 6.07 Å². The first-order valence-corrected chi connectivity index (χ1v) is 4.87. The number of fused-ring (bicyclic) bond motifs is 3. The first kappa shape index (κ1) is 9.59. The van der Waals surface area contributed by atoms with Gasteiger partial charge in [0.25, 0.3) is 0 Å². The summed E-state index contributed by atoms with van der Waals surface area (Å²) in [6, 6.07) is 7.10. The predicted molar refractivity (Wildman–Crippen MR) is 59.1 cm³/mol.